The van der Waals surface area contributed by atoms with Crippen LogP contribution in [0.25, 0.3) is 0 Å². The van der Waals surface area contributed by atoms with Crippen molar-refractivity contribution in [3.8, 4) is 0 Å². The number of carbonyl (C=O) groups is 1. The van der Waals surface area contributed by atoms with Gasteiger partial charge in [0.25, 0.3) is 5.69 Å². The van der Waals surface area contributed by atoms with Gasteiger partial charge in [-0.1, -0.05) is 12.1 Å². The lowest BCUT2D eigenvalue weighted by molar-refractivity contribution is -0.384. The number of hydrogen-bond donors (Lipinski definition) is 2. The topological polar surface area (TPSA) is 95.7 Å². The molecule has 7 nitrogen and oxygen atoms in total. The summed E-state index contributed by atoms with van der Waals surface area (Å²) >= 11 is 0. The van der Waals surface area contributed by atoms with Crippen LogP contribution >= 0.6 is 0 Å². The largest absolute Gasteiger partial charge is 0.465 e. The van der Waals surface area contributed by atoms with E-state index in [1.165, 1.54) is 11.0 Å². The number of hydrogen-bond acceptors (Lipinski definition) is 4. The van der Waals surface area contributed by atoms with Crippen molar-refractivity contribution in [3.63, 3.8) is 0 Å². The molecule has 19 heavy (non-hydrogen) atoms. The molecule has 1 heterocycles. The summed E-state index contributed by atoms with van der Waals surface area (Å²) in [7, 11) is 0. The van der Waals surface area contributed by atoms with Crippen molar-refractivity contribution in [1.29, 1.82) is 0 Å². The number of anilines is 1. The SMILES string of the molecule is O=C(O)N1CC[C@@H](CNc2ccccc2[N+](=O)[O-])C1. The molecule has 0 aliphatic carbocycles. The molecule has 1 aliphatic rings. The van der Waals surface area contributed by atoms with Gasteiger partial charge < -0.3 is 15.3 Å². The third-order valence-electron chi connectivity index (χ3n) is 3.24. The van der Waals surface area contributed by atoms with E-state index in [0.717, 1.165) is 6.42 Å². The Morgan fingerprint density at radius 3 is 2.89 bits per heavy atom. The third-order valence-corrected chi connectivity index (χ3v) is 3.24. The molecule has 0 spiro atoms. The number of benzene rings is 1. The Morgan fingerprint density at radius 1 is 1.53 bits per heavy atom. The maximum absolute atomic E-state index is 10.8. The van der Waals surface area contributed by atoms with Crippen LogP contribution < -0.4 is 5.32 Å². The molecule has 1 aliphatic heterocycles. The van der Waals surface area contributed by atoms with Crippen molar-refractivity contribution in [2.75, 3.05) is 25.0 Å². The van der Waals surface area contributed by atoms with Gasteiger partial charge in [0.1, 0.15) is 5.69 Å². The normalized spacial score (nSPS) is 18.3. The van der Waals surface area contributed by atoms with Crippen LogP contribution in [-0.4, -0.2) is 40.7 Å². The smallest absolute Gasteiger partial charge is 0.407 e. The molecule has 1 saturated heterocycles. The number of nitro groups is 1. The summed E-state index contributed by atoms with van der Waals surface area (Å²) in [5, 5.41) is 22.7. The highest BCUT2D eigenvalue weighted by molar-refractivity contribution is 5.65. The summed E-state index contributed by atoms with van der Waals surface area (Å²) in [4.78, 5) is 22.6. The number of rotatable bonds is 4. The lowest BCUT2D eigenvalue weighted by Gasteiger charge is -2.13. The van der Waals surface area contributed by atoms with E-state index in [4.69, 9.17) is 5.11 Å². The molecule has 7 heteroatoms. The summed E-state index contributed by atoms with van der Waals surface area (Å²) in [6, 6.07) is 6.45. The molecule has 102 valence electrons. The monoisotopic (exact) mass is 265 g/mol. The number of nitrogens with zero attached hydrogens (tertiary/aromatic N) is 2. The van der Waals surface area contributed by atoms with E-state index in [1.54, 1.807) is 18.2 Å². The Hall–Kier alpha value is -2.31. The van der Waals surface area contributed by atoms with Crippen LogP contribution in [0, 0.1) is 16.0 Å². The zero-order chi connectivity index (χ0) is 13.8. The second-order valence-corrected chi connectivity index (χ2v) is 4.54. The predicted molar refractivity (Wildman–Crippen MR) is 69.3 cm³/mol. The average Bonchev–Trinajstić information content (AvgIpc) is 2.85. The third kappa shape index (κ3) is 3.12. The first-order valence-corrected chi connectivity index (χ1v) is 6.03. The standard InChI is InChI=1S/C12H15N3O4/c16-12(17)14-6-5-9(8-14)7-13-10-3-1-2-4-11(10)15(18)19/h1-4,9,13H,5-8H2,(H,16,17)/t9-/m0/s1. The van der Waals surface area contributed by atoms with Gasteiger partial charge >= 0.3 is 6.09 Å². The summed E-state index contributed by atoms with van der Waals surface area (Å²) in [5.41, 5.74) is 0.511. The highest BCUT2D eigenvalue weighted by atomic mass is 16.6. The van der Waals surface area contributed by atoms with Gasteiger partial charge in [-0.05, 0) is 18.4 Å². The fourth-order valence-electron chi connectivity index (χ4n) is 2.21. The van der Waals surface area contributed by atoms with Gasteiger partial charge in [-0.15, -0.1) is 0 Å². The van der Waals surface area contributed by atoms with Gasteiger partial charge in [0.2, 0.25) is 0 Å². The lowest BCUT2D eigenvalue weighted by atomic mass is 10.1. The van der Waals surface area contributed by atoms with Gasteiger partial charge in [-0.25, -0.2) is 4.79 Å². The van der Waals surface area contributed by atoms with Crippen LogP contribution in [0.5, 0.6) is 0 Å². The van der Waals surface area contributed by atoms with Crippen LogP contribution in [0.4, 0.5) is 16.2 Å². The van der Waals surface area contributed by atoms with Crippen molar-refractivity contribution >= 4 is 17.5 Å². The quantitative estimate of drug-likeness (QED) is 0.641. The molecule has 1 aromatic rings. The summed E-state index contributed by atoms with van der Waals surface area (Å²) in [6.45, 7) is 1.54. The summed E-state index contributed by atoms with van der Waals surface area (Å²) < 4.78 is 0. The van der Waals surface area contributed by atoms with E-state index in [0.29, 0.717) is 25.3 Å². The van der Waals surface area contributed by atoms with Crippen LogP contribution in [0.1, 0.15) is 6.42 Å². The van der Waals surface area contributed by atoms with E-state index in [-0.39, 0.29) is 11.6 Å². The molecule has 1 aromatic carbocycles. The van der Waals surface area contributed by atoms with Crippen LogP contribution in [0.15, 0.2) is 24.3 Å². The molecule has 2 rings (SSSR count). The molecule has 1 amide bonds. The van der Waals surface area contributed by atoms with E-state index in [1.807, 2.05) is 0 Å². The Kier molecular flexibility index (Phi) is 3.84. The maximum Gasteiger partial charge on any atom is 0.407 e. The fourth-order valence-corrected chi connectivity index (χ4v) is 2.21. The van der Waals surface area contributed by atoms with E-state index in [2.05, 4.69) is 5.32 Å². The highest BCUT2D eigenvalue weighted by Gasteiger charge is 2.26. The molecular weight excluding hydrogens is 250 g/mol. The second kappa shape index (κ2) is 5.55. The van der Waals surface area contributed by atoms with E-state index in [9.17, 15) is 14.9 Å². The van der Waals surface area contributed by atoms with Crippen molar-refractivity contribution in [1.82, 2.24) is 4.90 Å². The number of amides is 1. The molecule has 0 aromatic heterocycles. The minimum Gasteiger partial charge on any atom is -0.465 e. The number of carboxylic acid groups (broad SMARTS) is 1. The first kappa shape index (κ1) is 13.1. The molecular formula is C12H15N3O4. The zero-order valence-electron chi connectivity index (χ0n) is 10.3. The van der Waals surface area contributed by atoms with Gasteiger partial charge in [-0.2, -0.15) is 0 Å². The van der Waals surface area contributed by atoms with Crippen molar-refractivity contribution in [3.05, 3.63) is 34.4 Å². The van der Waals surface area contributed by atoms with E-state index < -0.39 is 11.0 Å². The zero-order valence-corrected chi connectivity index (χ0v) is 10.3. The molecule has 0 radical (unpaired) electrons. The number of para-hydroxylation sites is 2. The fraction of sp³-hybridized carbons (Fsp3) is 0.417. The van der Waals surface area contributed by atoms with Crippen molar-refractivity contribution < 1.29 is 14.8 Å². The molecule has 2 N–H and O–H groups in total. The van der Waals surface area contributed by atoms with Gasteiger partial charge in [0.15, 0.2) is 0 Å². The molecule has 0 bridgehead atoms. The Balaban J connectivity index is 1.93. The molecule has 1 fully saturated rings. The average molecular weight is 265 g/mol. The number of nitrogens with one attached hydrogen (secondary N) is 1. The first-order valence-electron chi connectivity index (χ1n) is 6.03. The van der Waals surface area contributed by atoms with Gasteiger partial charge in [-0.3, -0.25) is 10.1 Å². The van der Waals surface area contributed by atoms with Crippen LogP contribution in [-0.2, 0) is 0 Å². The molecule has 0 unspecified atom stereocenters. The van der Waals surface area contributed by atoms with Crippen LogP contribution in [0.2, 0.25) is 0 Å². The lowest BCUT2D eigenvalue weighted by Crippen LogP contribution is -2.27. The first-order chi connectivity index (χ1) is 9.08. The Morgan fingerprint density at radius 2 is 2.26 bits per heavy atom. The number of likely N-dealkylation sites (tertiary alicyclic amines) is 1. The maximum atomic E-state index is 10.8. The minimum absolute atomic E-state index is 0.0376. The summed E-state index contributed by atoms with van der Waals surface area (Å²) in [5.74, 6) is 0.191. The Labute approximate surface area is 110 Å². The summed E-state index contributed by atoms with van der Waals surface area (Å²) in [6.07, 6.45) is -0.131. The van der Waals surface area contributed by atoms with Crippen LogP contribution in [0.3, 0.4) is 0 Å². The van der Waals surface area contributed by atoms with Crippen molar-refractivity contribution in [2.45, 2.75) is 6.42 Å². The van der Waals surface area contributed by atoms with Gasteiger partial charge in [0.05, 0.1) is 4.92 Å². The number of nitro benzene ring substituents is 1. The Bertz CT molecular complexity index is 492. The molecule has 0 saturated carbocycles. The second-order valence-electron chi connectivity index (χ2n) is 4.54. The van der Waals surface area contributed by atoms with Gasteiger partial charge in [0, 0.05) is 25.7 Å². The minimum atomic E-state index is -0.909. The molecule has 1 atom stereocenters. The predicted octanol–water partition coefficient (Wildman–Crippen LogP) is 2.01. The van der Waals surface area contributed by atoms with Crippen molar-refractivity contribution in [2.24, 2.45) is 5.92 Å². The highest BCUT2D eigenvalue weighted by Crippen LogP contribution is 2.24. The van der Waals surface area contributed by atoms with E-state index >= 15 is 0 Å².